The second-order valence-corrected chi connectivity index (χ2v) is 6.48. The van der Waals surface area contributed by atoms with Crippen molar-refractivity contribution < 1.29 is 9.53 Å². The number of nitrogens with zero attached hydrogens (tertiary/aromatic N) is 4. The molecular formula is C15H17N5O2S. The largest absolute Gasteiger partial charge is 0.495 e. The zero-order chi connectivity index (χ0) is 16.4. The molecule has 3 rings (SSSR count). The van der Waals surface area contributed by atoms with E-state index in [1.165, 1.54) is 11.3 Å². The van der Waals surface area contributed by atoms with Gasteiger partial charge < -0.3 is 10.1 Å². The second-order valence-electron chi connectivity index (χ2n) is 5.53. The van der Waals surface area contributed by atoms with Gasteiger partial charge in [0, 0.05) is 12.0 Å². The van der Waals surface area contributed by atoms with Crippen molar-refractivity contribution in [2.45, 2.75) is 20.3 Å². The van der Waals surface area contributed by atoms with Crippen LogP contribution in [0.3, 0.4) is 0 Å². The molecule has 0 saturated carbocycles. The zero-order valence-corrected chi connectivity index (χ0v) is 13.9. The quantitative estimate of drug-likeness (QED) is 0.777. The van der Waals surface area contributed by atoms with E-state index in [1.54, 1.807) is 18.0 Å². The Morgan fingerprint density at radius 1 is 1.43 bits per heavy atom. The predicted octanol–water partition coefficient (Wildman–Crippen LogP) is 2.85. The fraction of sp³-hybridized carbons (Fsp3) is 0.333. The van der Waals surface area contributed by atoms with Crippen LogP contribution in [0.15, 0.2) is 24.5 Å². The Kier molecular flexibility index (Phi) is 4.24. The molecule has 1 N–H and O–H groups in total. The van der Waals surface area contributed by atoms with Crippen molar-refractivity contribution in [3.63, 3.8) is 0 Å². The van der Waals surface area contributed by atoms with Gasteiger partial charge in [-0.3, -0.25) is 4.79 Å². The number of fused-ring (bicyclic) bond motifs is 1. The monoisotopic (exact) mass is 331 g/mol. The summed E-state index contributed by atoms with van der Waals surface area (Å²) in [5.41, 5.74) is 1.53. The lowest BCUT2D eigenvalue weighted by Crippen LogP contribution is -2.14. The molecular weight excluding hydrogens is 314 g/mol. The second kappa shape index (κ2) is 6.33. The van der Waals surface area contributed by atoms with Gasteiger partial charge in [-0.15, -0.1) is 10.2 Å². The van der Waals surface area contributed by atoms with Gasteiger partial charge in [0.25, 0.3) is 0 Å². The topological polar surface area (TPSA) is 81.4 Å². The van der Waals surface area contributed by atoms with Gasteiger partial charge in [0.05, 0.1) is 12.8 Å². The smallest absolute Gasteiger partial charge is 0.234 e. The highest BCUT2D eigenvalue weighted by molar-refractivity contribution is 7.19. The van der Waals surface area contributed by atoms with Crippen LogP contribution in [0.5, 0.6) is 5.75 Å². The first kappa shape index (κ1) is 15.4. The highest BCUT2D eigenvalue weighted by atomic mass is 32.1. The molecule has 0 spiro atoms. The summed E-state index contributed by atoms with van der Waals surface area (Å²) in [4.78, 5) is 12.8. The van der Waals surface area contributed by atoms with Gasteiger partial charge in [-0.25, -0.2) is 0 Å². The van der Waals surface area contributed by atoms with Gasteiger partial charge >= 0.3 is 0 Å². The number of methoxy groups -OCH3 is 1. The summed E-state index contributed by atoms with van der Waals surface area (Å²) < 4.78 is 6.95. The van der Waals surface area contributed by atoms with E-state index in [2.05, 4.69) is 20.6 Å². The standard InChI is InChI=1S/C15H17N5O2S/c1-9(2)6-13(21)17-11-7-10(4-5-12(11)22-3)14-19-20-8-16-18-15(20)23-14/h4-5,7-9H,6H2,1-3H3,(H,17,21). The third kappa shape index (κ3) is 3.31. The Hall–Kier alpha value is -2.48. The Labute approximate surface area is 137 Å². The minimum atomic E-state index is -0.0337. The molecule has 0 unspecified atom stereocenters. The van der Waals surface area contributed by atoms with Gasteiger partial charge in [-0.1, -0.05) is 25.2 Å². The van der Waals surface area contributed by atoms with E-state index in [1.807, 2.05) is 32.0 Å². The Bertz CT molecular complexity index is 811. The van der Waals surface area contributed by atoms with E-state index in [0.29, 0.717) is 23.8 Å². The normalized spacial score (nSPS) is 11.1. The predicted molar refractivity (Wildman–Crippen MR) is 88.7 cm³/mol. The van der Waals surface area contributed by atoms with Gasteiger partial charge in [-0.05, 0) is 24.1 Å². The van der Waals surface area contributed by atoms with Gasteiger partial charge in [0.1, 0.15) is 17.1 Å². The maximum atomic E-state index is 12.0. The van der Waals surface area contributed by atoms with E-state index in [9.17, 15) is 4.79 Å². The fourth-order valence-corrected chi connectivity index (χ4v) is 3.00. The molecule has 2 heterocycles. The van der Waals surface area contributed by atoms with Crippen LogP contribution in [0.4, 0.5) is 5.69 Å². The molecule has 1 aromatic carbocycles. The summed E-state index contributed by atoms with van der Waals surface area (Å²) in [7, 11) is 1.58. The molecule has 3 aromatic rings. The molecule has 0 aliphatic heterocycles. The Balaban J connectivity index is 1.92. The Morgan fingerprint density at radius 2 is 2.26 bits per heavy atom. The number of hydrogen-bond donors (Lipinski definition) is 1. The van der Waals surface area contributed by atoms with E-state index in [-0.39, 0.29) is 5.91 Å². The number of amides is 1. The van der Waals surface area contributed by atoms with E-state index in [4.69, 9.17) is 4.74 Å². The molecule has 1 amide bonds. The average molecular weight is 331 g/mol. The van der Waals surface area contributed by atoms with Crippen LogP contribution in [0, 0.1) is 5.92 Å². The van der Waals surface area contributed by atoms with Crippen molar-refractivity contribution in [2.24, 2.45) is 5.92 Å². The van der Waals surface area contributed by atoms with Crippen LogP contribution in [-0.2, 0) is 4.79 Å². The highest BCUT2D eigenvalue weighted by Crippen LogP contribution is 2.32. The summed E-state index contributed by atoms with van der Waals surface area (Å²) in [5, 5.41) is 15.9. The molecule has 2 aromatic heterocycles. The molecule has 120 valence electrons. The minimum absolute atomic E-state index is 0.0337. The number of benzene rings is 1. The van der Waals surface area contributed by atoms with Crippen molar-refractivity contribution in [2.75, 3.05) is 12.4 Å². The molecule has 0 bridgehead atoms. The Morgan fingerprint density at radius 3 is 2.96 bits per heavy atom. The first-order chi connectivity index (χ1) is 11.1. The van der Waals surface area contributed by atoms with Crippen LogP contribution in [0.25, 0.3) is 15.5 Å². The van der Waals surface area contributed by atoms with Crippen LogP contribution in [0.2, 0.25) is 0 Å². The summed E-state index contributed by atoms with van der Waals surface area (Å²) in [6.45, 7) is 4.01. The number of aromatic nitrogens is 4. The number of ether oxygens (including phenoxy) is 1. The van der Waals surface area contributed by atoms with Crippen molar-refractivity contribution in [1.82, 2.24) is 19.8 Å². The van der Waals surface area contributed by atoms with Crippen molar-refractivity contribution in [3.05, 3.63) is 24.5 Å². The van der Waals surface area contributed by atoms with E-state index >= 15 is 0 Å². The molecule has 7 nitrogen and oxygen atoms in total. The average Bonchev–Trinajstić information content (AvgIpc) is 3.07. The molecule has 0 atom stereocenters. The SMILES string of the molecule is COc1ccc(-c2nn3cnnc3s2)cc1NC(=O)CC(C)C. The van der Waals surface area contributed by atoms with Crippen molar-refractivity contribution >= 4 is 27.9 Å². The number of carbonyl (C=O) groups excluding carboxylic acids is 1. The maximum Gasteiger partial charge on any atom is 0.234 e. The molecule has 8 heteroatoms. The number of anilines is 1. The molecule has 23 heavy (non-hydrogen) atoms. The van der Waals surface area contributed by atoms with Gasteiger partial charge in [0.2, 0.25) is 10.9 Å². The van der Waals surface area contributed by atoms with Crippen LogP contribution in [0.1, 0.15) is 20.3 Å². The molecule has 0 aliphatic carbocycles. The minimum Gasteiger partial charge on any atom is -0.495 e. The summed E-state index contributed by atoms with van der Waals surface area (Å²) >= 11 is 1.43. The van der Waals surface area contributed by atoms with Crippen molar-refractivity contribution in [3.8, 4) is 16.3 Å². The third-order valence-corrected chi connectivity index (χ3v) is 4.16. The zero-order valence-electron chi connectivity index (χ0n) is 13.1. The van der Waals surface area contributed by atoms with E-state index in [0.717, 1.165) is 15.5 Å². The lowest BCUT2D eigenvalue weighted by Gasteiger charge is -2.12. The van der Waals surface area contributed by atoms with Gasteiger partial charge in [0.15, 0.2) is 0 Å². The molecule has 0 radical (unpaired) electrons. The first-order valence-corrected chi connectivity index (χ1v) is 8.03. The number of nitrogens with one attached hydrogen (secondary N) is 1. The lowest BCUT2D eigenvalue weighted by molar-refractivity contribution is -0.116. The fourth-order valence-electron chi connectivity index (χ4n) is 2.19. The lowest BCUT2D eigenvalue weighted by atomic mass is 10.1. The molecule has 0 aliphatic rings. The summed E-state index contributed by atoms with van der Waals surface area (Å²) in [5.74, 6) is 0.880. The van der Waals surface area contributed by atoms with Crippen LogP contribution < -0.4 is 10.1 Å². The number of carbonyl (C=O) groups is 1. The molecule has 0 fully saturated rings. The third-order valence-electron chi connectivity index (χ3n) is 3.20. The van der Waals surface area contributed by atoms with Crippen LogP contribution in [-0.4, -0.2) is 32.8 Å². The summed E-state index contributed by atoms with van der Waals surface area (Å²) in [6.07, 6.45) is 2.02. The van der Waals surface area contributed by atoms with Crippen LogP contribution >= 0.6 is 11.3 Å². The number of hydrogen-bond acceptors (Lipinski definition) is 6. The first-order valence-electron chi connectivity index (χ1n) is 7.22. The van der Waals surface area contributed by atoms with Gasteiger partial charge in [-0.2, -0.15) is 9.61 Å². The highest BCUT2D eigenvalue weighted by Gasteiger charge is 2.13. The number of rotatable bonds is 5. The molecule has 0 saturated heterocycles. The van der Waals surface area contributed by atoms with Crippen molar-refractivity contribution in [1.29, 1.82) is 0 Å². The summed E-state index contributed by atoms with van der Waals surface area (Å²) in [6, 6.07) is 5.59. The van der Waals surface area contributed by atoms with E-state index < -0.39 is 0 Å². The maximum absolute atomic E-state index is 12.0.